The van der Waals surface area contributed by atoms with Gasteiger partial charge in [-0.25, -0.2) is 0 Å². The van der Waals surface area contributed by atoms with Crippen molar-refractivity contribution in [3.8, 4) is 0 Å². The molecule has 0 aromatic carbocycles. The quantitative estimate of drug-likeness (QED) is 0.671. The van der Waals surface area contributed by atoms with E-state index < -0.39 is 0 Å². The molecule has 13 heavy (non-hydrogen) atoms. The molecular formula is C10H18N2O. The van der Waals surface area contributed by atoms with E-state index >= 15 is 0 Å². The van der Waals surface area contributed by atoms with E-state index in [9.17, 15) is 4.79 Å². The van der Waals surface area contributed by atoms with Gasteiger partial charge in [0.1, 0.15) is 5.78 Å². The topological polar surface area (TPSA) is 32.3 Å². The van der Waals surface area contributed by atoms with Gasteiger partial charge in [0.2, 0.25) is 0 Å². The highest BCUT2D eigenvalue weighted by molar-refractivity contribution is 5.81. The molecule has 2 fully saturated rings. The molecule has 74 valence electrons. The Labute approximate surface area is 79.5 Å². The summed E-state index contributed by atoms with van der Waals surface area (Å²) in [6.45, 7) is 4.04. The van der Waals surface area contributed by atoms with Gasteiger partial charge in [-0.2, -0.15) is 0 Å². The summed E-state index contributed by atoms with van der Waals surface area (Å²) in [5.74, 6) is 0.421. The summed E-state index contributed by atoms with van der Waals surface area (Å²) in [7, 11) is 0. The number of ketones is 1. The van der Waals surface area contributed by atoms with E-state index in [1.807, 2.05) is 0 Å². The van der Waals surface area contributed by atoms with Gasteiger partial charge in [0.25, 0.3) is 0 Å². The van der Waals surface area contributed by atoms with E-state index in [1.165, 1.54) is 12.8 Å². The standard InChI is InChI=1S/C10H18N2O/c13-10-4-2-6-12(8-10)7-9-3-1-5-11-9/h9,11H,1-8H2. The van der Waals surface area contributed by atoms with Gasteiger partial charge in [-0.05, 0) is 32.4 Å². The van der Waals surface area contributed by atoms with Crippen molar-refractivity contribution in [2.75, 3.05) is 26.2 Å². The number of carbonyl (C=O) groups is 1. The molecule has 1 N–H and O–H groups in total. The lowest BCUT2D eigenvalue weighted by Gasteiger charge is -2.28. The number of hydrogen-bond acceptors (Lipinski definition) is 3. The Kier molecular flexibility index (Phi) is 2.96. The molecular weight excluding hydrogens is 164 g/mol. The third kappa shape index (κ3) is 2.51. The summed E-state index contributed by atoms with van der Waals surface area (Å²) < 4.78 is 0. The largest absolute Gasteiger partial charge is 0.313 e. The minimum Gasteiger partial charge on any atom is -0.313 e. The molecule has 0 amide bonds. The van der Waals surface area contributed by atoms with Gasteiger partial charge in [-0.1, -0.05) is 0 Å². The van der Waals surface area contributed by atoms with Crippen LogP contribution in [0.2, 0.25) is 0 Å². The zero-order valence-corrected chi connectivity index (χ0v) is 8.09. The SMILES string of the molecule is O=C1CCCN(CC2CCCN2)C1. The molecule has 2 aliphatic heterocycles. The smallest absolute Gasteiger partial charge is 0.146 e. The highest BCUT2D eigenvalue weighted by atomic mass is 16.1. The van der Waals surface area contributed by atoms with Crippen LogP contribution in [0.4, 0.5) is 0 Å². The molecule has 0 aromatic rings. The summed E-state index contributed by atoms with van der Waals surface area (Å²) in [6, 6.07) is 0.644. The maximum atomic E-state index is 11.2. The van der Waals surface area contributed by atoms with E-state index in [-0.39, 0.29) is 0 Å². The van der Waals surface area contributed by atoms with E-state index in [0.717, 1.165) is 32.5 Å². The van der Waals surface area contributed by atoms with E-state index in [4.69, 9.17) is 0 Å². The molecule has 2 saturated heterocycles. The number of nitrogens with zero attached hydrogens (tertiary/aromatic N) is 1. The fraction of sp³-hybridized carbons (Fsp3) is 0.900. The lowest BCUT2D eigenvalue weighted by Crippen LogP contribution is -2.43. The molecule has 0 saturated carbocycles. The Balaban J connectivity index is 1.76. The monoisotopic (exact) mass is 182 g/mol. The Bertz CT molecular complexity index is 187. The first kappa shape index (κ1) is 9.16. The van der Waals surface area contributed by atoms with Crippen LogP contribution in [-0.2, 0) is 4.79 Å². The van der Waals surface area contributed by atoms with Crippen LogP contribution >= 0.6 is 0 Å². The molecule has 0 spiro atoms. The molecule has 1 unspecified atom stereocenters. The lowest BCUT2D eigenvalue weighted by molar-refractivity contribution is -0.122. The molecule has 2 heterocycles. The highest BCUT2D eigenvalue weighted by Gasteiger charge is 2.21. The fourth-order valence-electron chi connectivity index (χ4n) is 2.29. The van der Waals surface area contributed by atoms with Gasteiger partial charge in [0.15, 0.2) is 0 Å². The minimum atomic E-state index is 0.421. The molecule has 2 rings (SSSR count). The summed E-state index contributed by atoms with van der Waals surface area (Å²) in [6.07, 6.45) is 4.44. The number of likely N-dealkylation sites (tertiary alicyclic amines) is 1. The van der Waals surface area contributed by atoms with Crippen molar-refractivity contribution < 1.29 is 4.79 Å². The Morgan fingerprint density at radius 2 is 2.38 bits per heavy atom. The maximum absolute atomic E-state index is 11.2. The van der Waals surface area contributed by atoms with Gasteiger partial charge < -0.3 is 5.32 Å². The molecule has 2 aliphatic rings. The van der Waals surface area contributed by atoms with Gasteiger partial charge >= 0.3 is 0 Å². The molecule has 0 aliphatic carbocycles. The van der Waals surface area contributed by atoms with Crippen molar-refractivity contribution in [1.82, 2.24) is 10.2 Å². The fourth-order valence-corrected chi connectivity index (χ4v) is 2.29. The average molecular weight is 182 g/mol. The summed E-state index contributed by atoms with van der Waals surface area (Å²) in [4.78, 5) is 13.5. The Morgan fingerprint density at radius 3 is 3.08 bits per heavy atom. The zero-order valence-electron chi connectivity index (χ0n) is 8.09. The van der Waals surface area contributed by atoms with E-state index in [2.05, 4.69) is 10.2 Å². The zero-order chi connectivity index (χ0) is 9.10. The predicted octanol–water partition coefficient (Wildman–Crippen LogP) is 0.403. The van der Waals surface area contributed by atoms with Gasteiger partial charge in [0.05, 0.1) is 6.54 Å². The Morgan fingerprint density at radius 1 is 1.46 bits per heavy atom. The maximum Gasteiger partial charge on any atom is 0.146 e. The number of Topliss-reactive ketones (excluding diaryl/α,β-unsaturated/α-hetero) is 1. The number of nitrogens with one attached hydrogen (secondary N) is 1. The van der Waals surface area contributed by atoms with Crippen LogP contribution in [0.3, 0.4) is 0 Å². The summed E-state index contributed by atoms with van der Waals surface area (Å²) >= 11 is 0. The van der Waals surface area contributed by atoms with Gasteiger partial charge in [-0.3, -0.25) is 9.69 Å². The first-order chi connectivity index (χ1) is 6.34. The van der Waals surface area contributed by atoms with Crippen molar-refractivity contribution in [3.63, 3.8) is 0 Å². The number of piperidine rings is 1. The summed E-state index contributed by atoms with van der Waals surface area (Å²) in [5.41, 5.74) is 0. The molecule has 0 radical (unpaired) electrons. The van der Waals surface area contributed by atoms with Crippen molar-refractivity contribution in [2.45, 2.75) is 31.7 Å². The Hall–Kier alpha value is -0.410. The first-order valence-corrected chi connectivity index (χ1v) is 5.32. The molecule has 3 nitrogen and oxygen atoms in total. The van der Waals surface area contributed by atoms with Crippen LogP contribution in [0.15, 0.2) is 0 Å². The number of hydrogen-bond donors (Lipinski definition) is 1. The molecule has 0 bridgehead atoms. The molecule has 1 atom stereocenters. The van der Waals surface area contributed by atoms with Crippen molar-refractivity contribution in [1.29, 1.82) is 0 Å². The molecule has 3 heteroatoms. The number of rotatable bonds is 2. The normalized spacial score (nSPS) is 31.1. The second kappa shape index (κ2) is 4.20. The minimum absolute atomic E-state index is 0.421. The third-order valence-corrected chi connectivity index (χ3v) is 2.97. The van der Waals surface area contributed by atoms with Gasteiger partial charge in [-0.15, -0.1) is 0 Å². The van der Waals surface area contributed by atoms with Crippen LogP contribution in [0.5, 0.6) is 0 Å². The first-order valence-electron chi connectivity index (χ1n) is 5.32. The van der Waals surface area contributed by atoms with E-state index in [1.54, 1.807) is 0 Å². The second-order valence-electron chi connectivity index (χ2n) is 4.17. The van der Waals surface area contributed by atoms with Crippen LogP contribution in [0.25, 0.3) is 0 Å². The van der Waals surface area contributed by atoms with Crippen LogP contribution < -0.4 is 5.32 Å². The van der Waals surface area contributed by atoms with Crippen molar-refractivity contribution in [2.24, 2.45) is 0 Å². The van der Waals surface area contributed by atoms with Crippen LogP contribution in [-0.4, -0.2) is 42.9 Å². The van der Waals surface area contributed by atoms with Crippen LogP contribution in [0, 0.1) is 0 Å². The van der Waals surface area contributed by atoms with Crippen molar-refractivity contribution >= 4 is 5.78 Å². The van der Waals surface area contributed by atoms with Gasteiger partial charge in [0, 0.05) is 19.0 Å². The summed E-state index contributed by atoms with van der Waals surface area (Å²) in [5, 5.41) is 3.47. The predicted molar refractivity (Wildman–Crippen MR) is 51.7 cm³/mol. The number of carbonyl (C=O) groups excluding carboxylic acids is 1. The lowest BCUT2D eigenvalue weighted by atomic mass is 10.1. The molecule has 0 aromatic heterocycles. The van der Waals surface area contributed by atoms with Crippen molar-refractivity contribution in [3.05, 3.63) is 0 Å². The average Bonchev–Trinajstić information content (AvgIpc) is 2.57. The van der Waals surface area contributed by atoms with E-state index in [0.29, 0.717) is 18.4 Å². The van der Waals surface area contributed by atoms with Crippen LogP contribution in [0.1, 0.15) is 25.7 Å². The third-order valence-electron chi connectivity index (χ3n) is 2.97. The second-order valence-corrected chi connectivity index (χ2v) is 4.17. The highest BCUT2D eigenvalue weighted by Crippen LogP contribution is 2.10.